The third-order valence-corrected chi connectivity index (χ3v) is 3.49. The van der Waals surface area contributed by atoms with Crippen LogP contribution in [0, 0.1) is 0 Å². The highest BCUT2D eigenvalue weighted by Crippen LogP contribution is 2.30. The minimum absolute atomic E-state index is 0.131. The monoisotopic (exact) mass is 265 g/mol. The maximum atomic E-state index is 5.63. The van der Waals surface area contributed by atoms with E-state index in [1.54, 1.807) is 14.2 Å². The average molecular weight is 265 g/mol. The molecule has 0 spiro atoms. The molecule has 4 heteroatoms. The SMILES string of the molecule is CCOC1CC(Nc2cccc(COC)c2)C1OC. The topological polar surface area (TPSA) is 39.7 Å². The van der Waals surface area contributed by atoms with E-state index < -0.39 is 0 Å². The van der Waals surface area contributed by atoms with Gasteiger partial charge in [-0.25, -0.2) is 0 Å². The summed E-state index contributed by atoms with van der Waals surface area (Å²) in [6.45, 7) is 3.39. The molecule has 0 heterocycles. The Morgan fingerprint density at radius 2 is 2.16 bits per heavy atom. The molecule has 106 valence electrons. The molecule has 0 saturated heterocycles. The minimum Gasteiger partial charge on any atom is -0.380 e. The zero-order valence-electron chi connectivity index (χ0n) is 11.9. The predicted octanol–water partition coefficient (Wildman–Crippen LogP) is 2.44. The van der Waals surface area contributed by atoms with E-state index >= 15 is 0 Å². The van der Waals surface area contributed by atoms with E-state index in [0.29, 0.717) is 12.6 Å². The van der Waals surface area contributed by atoms with E-state index in [2.05, 4.69) is 23.5 Å². The van der Waals surface area contributed by atoms with Crippen molar-refractivity contribution in [3.63, 3.8) is 0 Å². The Morgan fingerprint density at radius 1 is 1.32 bits per heavy atom. The zero-order chi connectivity index (χ0) is 13.7. The molecule has 19 heavy (non-hydrogen) atoms. The second kappa shape index (κ2) is 6.89. The van der Waals surface area contributed by atoms with Crippen molar-refractivity contribution in [2.45, 2.75) is 38.2 Å². The first kappa shape index (κ1) is 14.3. The second-order valence-electron chi connectivity index (χ2n) is 4.81. The number of anilines is 1. The molecule has 0 aromatic heterocycles. The minimum atomic E-state index is 0.131. The van der Waals surface area contributed by atoms with Crippen LogP contribution in [0.3, 0.4) is 0 Å². The highest BCUT2D eigenvalue weighted by molar-refractivity contribution is 5.47. The Labute approximate surface area is 115 Å². The number of rotatable bonds is 7. The molecule has 1 saturated carbocycles. The Morgan fingerprint density at radius 3 is 2.84 bits per heavy atom. The molecular formula is C15H23NO3. The van der Waals surface area contributed by atoms with Crippen molar-refractivity contribution in [1.29, 1.82) is 0 Å². The van der Waals surface area contributed by atoms with Gasteiger partial charge in [-0.1, -0.05) is 12.1 Å². The number of ether oxygens (including phenoxy) is 3. The van der Waals surface area contributed by atoms with Crippen LogP contribution in [-0.4, -0.2) is 39.1 Å². The van der Waals surface area contributed by atoms with Gasteiger partial charge in [-0.2, -0.15) is 0 Å². The van der Waals surface area contributed by atoms with E-state index in [0.717, 1.165) is 18.7 Å². The number of hydrogen-bond acceptors (Lipinski definition) is 4. The molecule has 1 aromatic carbocycles. The summed E-state index contributed by atoms with van der Waals surface area (Å²) in [5.41, 5.74) is 2.28. The number of nitrogens with one attached hydrogen (secondary N) is 1. The fraction of sp³-hybridized carbons (Fsp3) is 0.600. The quantitative estimate of drug-likeness (QED) is 0.822. The van der Waals surface area contributed by atoms with Gasteiger partial charge in [0.15, 0.2) is 0 Å². The van der Waals surface area contributed by atoms with Gasteiger partial charge in [0.05, 0.1) is 18.8 Å². The van der Waals surface area contributed by atoms with E-state index in [1.807, 2.05) is 13.0 Å². The van der Waals surface area contributed by atoms with Crippen LogP contribution in [0.5, 0.6) is 0 Å². The number of hydrogen-bond donors (Lipinski definition) is 1. The number of methoxy groups -OCH3 is 2. The van der Waals surface area contributed by atoms with Gasteiger partial charge >= 0.3 is 0 Å². The van der Waals surface area contributed by atoms with Gasteiger partial charge in [-0.15, -0.1) is 0 Å². The number of benzene rings is 1. The van der Waals surface area contributed by atoms with Gasteiger partial charge in [0.2, 0.25) is 0 Å². The van der Waals surface area contributed by atoms with Crippen molar-refractivity contribution < 1.29 is 14.2 Å². The van der Waals surface area contributed by atoms with Crippen molar-refractivity contribution in [3.05, 3.63) is 29.8 Å². The molecule has 4 nitrogen and oxygen atoms in total. The molecule has 0 amide bonds. The molecule has 1 N–H and O–H groups in total. The van der Waals surface area contributed by atoms with Crippen molar-refractivity contribution >= 4 is 5.69 Å². The molecule has 1 aromatic rings. The van der Waals surface area contributed by atoms with Crippen LogP contribution in [0.25, 0.3) is 0 Å². The maximum absolute atomic E-state index is 5.63. The molecule has 0 radical (unpaired) electrons. The molecular weight excluding hydrogens is 242 g/mol. The highest BCUT2D eigenvalue weighted by Gasteiger charge is 2.42. The zero-order valence-corrected chi connectivity index (χ0v) is 11.9. The van der Waals surface area contributed by atoms with E-state index in [-0.39, 0.29) is 12.2 Å². The van der Waals surface area contributed by atoms with Crippen molar-refractivity contribution in [1.82, 2.24) is 0 Å². The summed E-state index contributed by atoms with van der Waals surface area (Å²) in [4.78, 5) is 0. The van der Waals surface area contributed by atoms with Crippen LogP contribution >= 0.6 is 0 Å². The van der Waals surface area contributed by atoms with Crippen LogP contribution < -0.4 is 5.32 Å². The van der Waals surface area contributed by atoms with Crippen LogP contribution in [0.2, 0.25) is 0 Å². The van der Waals surface area contributed by atoms with Gasteiger partial charge < -0.3 is 19.5 Å². The standard InChI is InChI=1S/C15H23NO3/c1-4-19-14-9-13(15(14)18-3)16-12-7-5-6-11(8-12)10-17-2/h5-8,13-16H,4,9-10H2,1-3H3. The predicted molar refractivity (Wildman–Crippen MR) is 75.4 cm³/mol. The van der Waals surface area contributed by atoms with Crippen molar-refractivity contribution in [2.75, 3.05) is 26.1 Å². The third-order valence-electron chi connectivity index (χ3n) is 3.49. The van der Waals surface area contributed by atoms with Crippen molar-refractivity contribution in [2.24, 2.45) is 0 Å². The molecule has 0 bridgehead atoms. The van der Waals surface area contributed by atoms with Crippen LogP contribution in [0.1, 0.15) is 18.9 Å². The molecule has 1 fully saturated rings. The molecule has 1 aliphatic carbocycles. The van der Waals surface area contributed by atoms with Gasteiger partial charge in [-0.05, 0) is 31.0 Å². The molecule has 0 aliphatic heterocycles. The maximum Gasteiger partial charge on any atom is 0.103 e. The molecule has 2 rings (SSSR count). The molecule has 1 aliphatic rings. The van der Waals surface area contributed by atoms with Crippen LogP contribution in [-0.2, 0) is 20.8 Å². The lowest BCUT2D eigenvalue weighted by Gasteiger charge is -2.43. The summed E-state index contributed by atoms with van der Waals surface area (Å²) < 4.78 is 16.3. The van der Waals surface area contributed by atoms with E-state index in [1.165, 1.54) is 5.56 Å². The fourth-order valence-electron chi connectivity index (χ4n) is 2.55. The lowest BCUT2D eigenvalue weighted by molar-refractivity contribution is -0.118. The van der Waals surface area contributed by atoms with Gasteiger partial charge in [0.25, 0.3) is 0 Å². The second-order valence-corrected chi connectivity index (χ2v) is 4.81. The summed E-state index contributed by atoms with van der Waals surface area (Å²) in [6, 6.07) is 8.60. The summed E-state index contributed by atoms with van der Waals surface area (Å²) >= 11 is 0. The van der Waals surface area contributed by atoms with Crippen LogP contribution in [0.4, 0.5) is 5.69 Å². The van der Waals surface area contributed by atoms with E-state index in [4.69, 9.17) is 14.2 Å². The first-order chi connectivity index (χ1) is 9.28. The summed E-state index contributed by atoms with van der Waals surface area (Å²) in [5, 5.41) is 3.51. The molecule has 3 unspecified atom stereocenters. The normalized spacial score (nSPS) is 25.9. The Bertz CT molecular complexity index is 397. The summed E-state index contributed by atoms with van der Waals surface area (Å²) in [5.74, 6) is 0. The average Bonchev–Trinajstić information content (AvgIpc) is 2.39. The van der Waals surface area contributed by atoms with Gasteiger partial charge in [0, 0.05) is 26.5 Å². The first-order valence-corrected chi connectivity index (χ1v) is 6.77. The Balaban J connectivity index is 1.92. The fourth-order valence-corrected chi connectivity index (χ4v) is 2.55. The summed E-state index contributed by atoms with van der Waals surface area (Å²) in [7, 11) is 3.45. The van der Waals surface area contributed by atoms with Crippen LogP contribution in [0.15, 0.2) is 24.3 Å². The Hall–Kier alpha value is -1.10. The third kappa shape index (κ3) is 3.47. The largest absolute Gasteiger partial charge is 0.380 e. The smallest absolute Gasteiger partial charge is 0.103 e. The highest BCUT2D eigenvalue weighted by atomic mass is 16.5. The van der Waals surface area contributed by atoms with Gasteiger partial charge in [-0.3, -0.25) is 0 Å². The first-order valence-electron chi connectivity index (χ1n) is 6.77. The lowest BCUT2D eigenvalue weighted by Crippen LogP contribution is -2.56. The van der Waals surface area contributed by atoms with E-state index in [9.17, 15) is 0 Å². The lowest BCUT2D eigenvalue weighted by atomic mass is 9.85. The molecule has 3 atom stereocenters. The Kier molecular flexibility index (Phi) is 5.19. The summed E-state index contributed by atoms with van der Waals surface area (Å²) in [6.07, 6.45) is 1.33. The van der Waals surface area contributed by atoms with Crippen molar-refractivity contribution in [3.8, 4) is 0 Å². The van der Waals surface area contributed by atoms with Gasteiger partial charge in [0.1, 0.15) is 6.10 Å².